The topological polar surface area (TPSA) is 54.5 Å². The van der Waals surface area contributed by atoms with Crippen LogP contribution in [0.2, 0.25) is 0 Å². The van der Waals surface area contributed by atoms with Crippen molar-refractivity contribution in [1.29, 1.82) is 0 Å². The smallest absolute Gasteiger partial charge is 0.263 e. The maximum atomic E-state index is 12.9. The molecule has 0 atom stereocenters. The lowest BCUT2D eigenvalue weighted by Crippen LogP contribution is -2.27. The first-order valence-corrected chi connectivity index (χ1v) is 9.77. The zero-order chi connectivity index (χ0) is 17.9. The molecule has 2 aromatic rings. The molecule has 0 bridgehead atoms. The number of Topliss-reactive ketones (excluding diaryl/α,β-unsaturated/α-hetero) is 1. The van der Waals surface area contributed by atoms with E-state index in [1.54, 1.807) is 24.3 Å². The number of benzene rings is 2. The van der Waals surface area contributed by atoms with Gasteiger partial charge in [-0.3, -0.25) is 9.10 Å². The second-order valence-electron chi connectivity index (χ2n) is 6.27. The van der Waals surface area contributed by atoms with Gasteiger partial charge in [-0.25, -0.2) is 8.42 Å². The van der Waals surface area contributed by atoms with Crippen LogP contribution in [0.4, 0.5) is 0 Å². The lowest BCUT2D eigenvalue weighted by Gasteiger charge is -2.20. The van der Waals surface area contributed by atoms with Crippen LogP contribution in [0.1, 0.15) is 24.0 Å². The van der Waals surface area contributed by atoms with Crippen molar-refractivity contribution in [2.75, 3.05) is 6.54 Å². The van der Waals surface area contributed by atoms with Gasteiger partial charge in [0.05, 0.1) is 4.90 Å². The van der Waals surface area contributed by atoms with Crippen molar-refractivity contribution in [3.05, 3.63) is 77.5 Å². The Balaban J connectivity index is 1.94. The third-order valence-corrected chi connectivity index (χ3v) is 6.08. The highest BCUT2D eigenvalue weighted by Crippen LogP contribution is 2.23. The summed E-state index contributed by atoms with van der Waals surface area (Å²) < 4.78 is 27.2. The minimum atomic E-state index is -3.65. The molecule has 0 amide bonds. The van der Waals surface area contributed by atoms with E-state index in [1.165, 1.54) is 10.5 Å². The quantitative estimate of drug-likeness (QED) is 0.844. The third kappa shape index (κ3) is 3.99. The van der Waals surface area contributed by atoms with Crippen LogP contribution in [0.3, 0.4) is 0 Å². The highest BCUT2D eigenvalue weighted by molar-refractivity contribution is 7.89. The molecule has 3 rings (SSSR count). The lowest BCUT2D eigenvalue weighted by molar-refractivity contribution is -0.115. The number of nitrogens with zero attached hydrogens (tertiary/aromatic N) is 1. The number of ketones is 1. The summed E-state index contributed by atoms with van der Waals surface area (Å²) in [6, 6.07) is 16.4. The number of aryl methyl sites for hydroxylation is 1. The lowest BCUT2D eigenvalue weighted by atomic mass is 10.0. The minimum absolute atomic E-state index is 0.0189. The van der Waals surface area contributed by atoms with Gasteiger partial charge in [0.2, 0.25) is 0 Å². The average molecular weight is 355 g/mol. The maximum absolute atomic E-state index is 12.9. The summed E-state index contributed by atoms with van der Waals surface area (Å²) in [5.74, 6) is 0.0189. The van der Waals surface area contributed by atoms with Crippen LogP contribution in [-0.4, -0.2) is 25.1 Å². The van der Waals surface area contributed by atoms with Gasteiger partial charge in [-0.2, -0.15) is 0 Å². The maximum Gasteiger partial charge on any atom is 0.263 e. The van der Waals surface area contributed by atoms with Gasteiger partial charge in [0.15, 0.2) is 5.78 Å². The Morgan fingerprint density at radius 1 is 1.00 bits per heavy atom. The summed E-state index contributed by atoms with van der Waals surface area (Å²) in [5.41, 5.74) is 2.54. The molecule has 0 radical (unpaired) electrons. The molecule has 1 aliphatic heterocycles. The van der Waals surface area contributed by atoms with Crippen molar-refractivity contribution in [2.24, 2.45) is 0 Å². The van der Waals surface area contributed by atoms with E-state index in [-0.39, 0.29) is 10.7 Å². The largest absolute Gasteiger partial charge is 0.294 e. The normalized spacial score (nSPS) is 15.6. The number of hydrogen-bond donors (Lipinski definition) is 0. The van der Waals surface area contributed by atoms with Crippen LogP contribution in [0.15, 0.2) is 71.3 Å². The highest BCUT2D eigenvalue weighted by atomic mass is 32.2. The number of carbonyl (C=O) groups is 1. The van der Waals surface area contributed by atoms with E-state index in [0.717, 1.165) is 11.1 Å². The van der Waals surface area contributed by atoms with E-state index in [9.17, 15) is 13.2 Å². The summed E-state index contributed by atoms with van der Waals surface area (Å²) in [7, 11) is -3.65. The first kappa shape index (κ1) is 17.4. The molecular weight excluding hydrogens is 334 g/mol. The number of hydrogen-bond acceptors (Lipinski definition) is 3. The zero-order valence-corrected chi connectivity index (χ0v) is 15.0. The van der Waals surface area contributed by atoms with E-state index in [4.69, 9.17) is 0 Å². The summed E-state index contributed by atoms with van der Waals surface area (Å²) >= 11 is 0. The number of allylic oxidation sites excluding steroid dienone is 1. The monoisotopic (exact) mass is 355 g/mol. The van der Waals surface area contributed by atoms with E-state index in [0.29, 0.717) is 31.4 Å². The summed E-state index contributed by atoms with van der Waals surface area (Å²) in [6.45, 7) is 2.24. The Hall–Kier alpha value is -2.40. The standard InChI is InChI=1S/C20H21NO3S/c1-16-9-11-19(12-10-16)25(23,24)21-13-5-8-20(22)18(15-21)14-17-6-3-2-4-7-17/h2-4,6-7,9-12,15H,5,8,13-14H2,1H3. The molecule has 0 N–H and O–H groups in total. The first-order valence-electron chi connectivity index (χ1n) is 8.33. The Kier molecular flexibility index (Phi) is 5.04. The Morgan fingerprint density at radius 3 is 2.36 bits per heavy atom. The molecule has 25 heavy (non-hydrogen) atoms. The molecule has 4 nitrogen and oxygen atoms in total. The van der Waals surface area contributed by atoms with Crippen molar-refractivity contribution in [1.82, 2.24) is 4.31 Å². The van der Waals surface area contributed by atoms with Gasteiger partial charge < -0.3 is 0 Å². The zero-order valence-electron chi connectivity index (χ0n) is 14.2. The van der Waals surface area contributed by atoms with Crippen LogP contribution in [0.25, 0.3) is 0 Å². The summed E-state index contributed by atoms with van der Waals surface area (Å²) in [5, 5.41) is 0. The van der Waals surface area contributed by atoms with Crippen LogP contribution < -0.4 is 0 Å². The van der Waals surface area contributed by atoms with Crippen molar-refractivity contribution in [3.8, 4) is 0 Å². The van der Waals surface area contributed by atoms with Crippen molar-refractivity contribution in [2.45, 2.75) is 31.1 Å². The fourth-order valence-electron chi connectivity index (χ4n) is 2.86. The predicted molar refractivity (Wildman–Crippen MR) is 97.5 cm³/mol. The van der Waals surface area contributed by atoms with Crippen molar-refractivity contribution in [3.63, 3.8) is 0 Å². The molecule has 0 spiro atoms. The molecule has 0 aromatic heterocycles. The second kappa shape index (κ2) is 7.23. The van der Waals surface area contributed by atoms with Crippen molar-refractivity contribution >= 4 is 15.8 Å². The van der Waals surface area contributed by atoms with E-state index >= 15 is 0 Å². The van der Waals surface area contributed by atoms with Gasteiger partial charge in [0.1, 0.15) is 0 Å². The molecule has 2 aromatic carbocycles. The number of carbonyl (C=O) groups excluding carboxylic acids is 1. The number of sulfonamides is 1. The molecule has 0 saturated heterocycles. The van der Waals surface area contributed by atoms with Crippen LogP contribution >= 0.6 is 0 Å². The Bertz CT molecular complexity index is 884. The SMILES string of the molecule is Cc1ccc(S(=O)(=O)N2C=C(Cc3ccccc3)C(=O)CCC2)cc1. The molecule has 130 valence electrons. The molecule has 0 unspecified atom stereocenters. The highest BCUT2D eigenvalue weighted by Gasteiger charge is 2.26. The Labute approximate surface area is 148 Å². The van der Waals surface area contributed by atoms with Crippen LogP contribution in [-0.2, 0) is 21.2 Å². The fraction of sp³-hybridized carbons (Fsp3) is 0.250. The minimum Gasteiger partial charge on any atom is -0.294 e. The van der Waals surface area contributed by atoms with E-state index < -0.39 is 10.0 Å². The van der Waals surface area contributed by atoms with Gasteiger partial charge in [-0.05, 0) is 31.0 Å². The molecule has 1 aliphatic rings. The number of rotatable bonds is 4. The molecular formula is C20H21NO3S. The first-order chi connectivity index (χ1) is 12.0. The van der Waals surface area contributed by atoms with E-state index in [1.807, 2.05) is 37.3 Å². The van der Waals surface area contributed by atoms with Gasteiger partial charge in [-0.1, -0.05) is 48.0 Å². The molecule has 5 heteroatoms. The molecule has 0 fully saturated rings. The molecule has 0 saturated carbocycles. The van der Waals surface area contributed by atoms with Crippen LogP contribution in [0, 0.1) is 6.92 Å². The predicted octanol–water partition coefficient (Wildman–Crippen LogP) is 3.48. The van der Waals surface area contributed by atoms with E-state index in [2.05, 4.69) is 0 Å². The van der Waals surface area contributed by atoms with Crippen LogP contribution in [0.5, 0.6) is 0 Å². The van der Waals surface area contributed by atoms with Gasteiger partial charge in [0, 0.05) is 31.2 Å². The molecule has 0 aliphatic carbocycles. The Morgan fingerprint density at radius 2 is 1.68 bits per heavy atom. The van der Waals surface area contributed by atoms with Gasteiger partial charge >= 0.3 is 0 Å². The summed E-state index contributed by atoms with van der Waals surface area (Å²) in [6.07, 6.45) is 2.87. The third-order valence-electron chi connectivity index (χ3n) is 4.31. The fourth-order valence-corrected chi connectivity index (χ4v) is 4.25. The summed E-state index contributed by atoms with van der Waals surface area (Å²) in [4.78, 5) is 12.6. The van der Waals surface area contributed by atoms with Gasteiger partial charge in [-0.15, -0.1) is 0 Å². The molecule has 1 heterocycles. The average Bonchev–Trinajstić information content (AvgIpc) is 2.79. The second-order valence-corrected chi connectivity index (χ2v) is 8.16. The van der Waals surface area contributed by atoms with Gasteiger partial charge in [0.25, 0.3) is 10.0 Å². The van der Waals surface area contributed by atoms with Crippen molar-refractivity contribution < 1.29 is 13.2 Å².